The molecular formula is C34H42N6O3. The quantitative estimate of drug-likeness (QED) is 0.302. The number of aliphatic hydroxyl groups is 1. The standard InChI is InChI=1S/C34H42N6O3/c1-33(2,3)32(43)40(21-25-8-5-4-7-24(25)20-39-15-13-35-14-16-39)22-29(41)37-27-11-10-23-18-34(19-26(23)17-27)28-9-6-12-36-30(28)38-31(34)42/h4-12,17,29,35,37,41H,13-16,18-22H2,1-3H3,(H,36,38,42). The van der Waals surface area contributed by atoms with Crippen molar-refractivity contribution in [3.05, 3.63) is 88.6 Å². The van der Waals surface area contributed by atoms with Crippen LogP contribution in [-0.2, 0) is 40.9 Å². The maximum atomic E-state index is 13.6. The van der Waals surface area contributed by atoms with Gasteiger partial charge in [0.15, 0.2) is 0 Å². The van der Waals surface area contributed by atoms with E-state index in [1.54, 1.807) is 11.1 Å². The van der Waals surface area contributed by atoms with E-state index in [0.717, 1.165) is 60.7 Å². The molecule has 1 fully saturated rings. The predicted molar refractivity (Wildman–Crippen MR) is 167 cm³/mol. The van der Waals surface area contributed by atoms with Crippen LogP contribution in [0.4, 0.5) is 11.5 Å². The topological polar surface area (TPSA) is 110 Å². The Kier molecular flexibility index (Phi) is 7.98. The van der Waals surface area contributed by atoms with E-state index in [4.69, 9.17) is 0 Å². The fourth-order valence-electron chi connectivity index (χ4n) is 6.68. The SMILES string of the molecule is CC(C)(C)C(=O)N(Cc1ccccc1CN1CCNCC1)CC(O)Nc1ccc2c(c1)CC1(C2)C(=O)Nc2ncccc21. The molecule has 2 aliphatic heterocycles. The molecule has 3 aromatic rings. The molecule has 2 unspecified atom stereocenters. The molecule has 1 saturated heterocycles. The summed E-state index contributed by atoms with van der Waals surface area (Å²) < 4.78 is 0. The molecule has 1 aliphatic carbocycles. The van der Waals surface area contributed by atoms with Gasteiger partial charge in [-0.15, -0.1) is 0 Å². The van der Waals surface area contributed by atoms with Crippen LogP contribution in [0.25, 0.3) is 0 Å². The van der Waals surface area contributed by atoms with Crippen LogP contribution in [-0.4, -0.2) is 70.7 Å². The third-order valence-corrected chi connectivity index (χ3v) is 8.92. The van der Waals surface area contributed by atoms with Crippen molar-refractivity contribution < 1.29 is 14.7 Å². The third-order valence-electron chi connectivity index (χ3n) is 8.92. The van der Waals surface area contributed by atoms with Gasteiger partial charge in [-0.3, -0.25) is 14.5 Å². The fraction of sp³-hybridized carbons (Fsp3) is 0.441. The smallest absolute Gasteiger partial charge is 0.237 e. The first-order chi connectivity index (χ1) is 20.6. The van der Waals surface area contributed by atoms with E-state index in [0.29, 0.717) is 25.2 Å². The van der Waals surface area contributed by atoms with E-state index in [1.807, 2.05) is 57.2 Å². The lowest BCUT2D eigenvalue weighted by Gasteiger charge is -2.33. The summed E-state index contributed by atoms with van der Waals surface area (Å²) in [6, 6.07) is 18.2. The van der Waals surface area contributed by atoms with Crippen LogP contribution < -0.4 is 16.0 Å². The highest BCUT2D eigenvalue weighted by atomic mass is 16.3. The number of nitrogens with zero attached hydrogens (tertiary/aromatic N) is 3. The summed E-state index contributed by atoms with van der Waals surface area (Å²) in [5.74, 6) is 0.619. The Hall–Kier alpha value is -3.79. The minimum atomic E-state index is -0.972. The van der Waals surface area contributed by atoms with Gasteiger partial charge in [0.05, 0.1) is 12.0 Å². The van der Waals surface area contributed by atoms with Crippen LogP contribution in [0.15, 0.2) is 60.8 Å². The van der Waals surface area contributed by atoms with Gasteiger partial charge in [-0.25, -0.2) is 4.98 Å². The monoisotopic (exact) mass is 582 g/mol. The van der Waals surface area contributed by atoms with Crippen LogP contribution in [0, 0.1) is 5.41 Å². The van der Waals surface area contributed by atoms with Crippen LogP contribution in [0.5, 0.6) is 0 Å². The van der Waals surface area contributed by atoms with Crippen LogP contribution in [0.3, 0.4) is 0 Å². The van der Waals surface area contributed by atoms with Crippen molar-refractivity contribution in [3.8, 4) is 0 Å². The highest BCUT2D eigenvalue weighted by Crippen LogP contribution is 2.47. The number of carbonyl (C=O) groups is 2. The van der Waals surface area contributed by atoms with Crippen LogP contribution in [0.1, 0.15) is 48.6 Å². The second kappa shape index (κ2) is 11.7. The van der Waals surface area contributed by atoms with Gasteiger partial charge in [0, 0.05) is 62.1 Å². The Labute approximate surface area is 253 Å². The Bertz CT molecular complexity index is 1510. The molecule has 6 rings (SSSR count). The highest BCUT2D eigenvalue weighted by Gasteiger charge is 2.51. The fourth-order valence-corrected chi connectivity index (χ4v) is 6.68. The highest BCUT2D eigenvalue weighted by molar-refractivity contribution is 6.06. The molecule has 9 heteroatoms. The van der Waals surface area contributed by atoms with E-state index >= 15 is 0 Å². The van der Waals surface area contributed by atoms with Crippen molar-refractivity contribution in [3.63, 3.8) is 0 Å². The van der Waals surface area contributed by atoms with Crippen molar-refractivity contribution in [2.24, 2.45) is 5.41 Å². The maximum absolute atomic E-state index is 13.6. The molecule has 2 atom stereocenters. The average Bonchev–Trinajstić information content (AvgIpc) is 3.50. The van der Waals surface area contributed by atoms with Gasteiger partial charge in [-0.2, -0.15) is 0 Å². The molecule has 2 aromatic carbocycles. The van der Waals surface area contributed by atoms with Gasteiger partial charge in [-0.05, 0) is 53.3 Å². The summed E-state index contributed by atoms with van der Waals surface area (Å²) in [6.07, 6.45) is 1.93. The second-order valence-electron chi connectivity index (χ2n) is 13.2. The van der Waals surface area contributed by atoms with Gasteiger partial charge < -0.3 is 26.0 Å². The first-order valence-electron chi connectivity index (χ1n) is 15.2. The van der Waals surface area contributed by atoms with Gasteiger partial charge in [0.1, 0.15) is 12.0 Å². The van der Waals surface area contributed by atoms with Crippen molar-refractivity contribution in [2.45, 2.75) is 58.3 Å². The van der Waals surface area contributed by atoms with E-state index in [1.165, 1.54) is 5.56 Å². The number of nitrogens with one attached hydrogen (secondary N) is 3. The first kappa shape index (κ1) is 29.3. The van der Waals surface area contributed by atoms with Gasteiger partial charge in [0.2, 0.25) is 11.8 Å². The predicted octanol–water partition coefficient (Wildman–Crippen LogP) is 3.28. The molecule has 3 heterocycles. The molecule has 0 bridgehead atoms. The molecule has 43 heavy (non-hydrogen) atoms. The Balaban J connectivity index is 1.17. The number of pyridine rings is 1. The van der Waals surface area contributed by atoms with E-state index in [2.05, 4.69) is 44.0 Å². The van der Waals surface area contributed by atoms with Crippen molar-refractivity contribution >= 4 is 23.3 Å². The number of benzene rings is 2. The largest absolute Gasteiger partial charge is 0.372 e. The molecule has 226 valence electrons. The Morgan fingerprint density at radius 3 is 2.58 bits per heavy atom. The number of rotatable bonds is 8. The summed E-state index contributed by atoms with van der Waals surface area (Å²) in [4.78, 5) is 35.3. The number of aliphatic hydroxyl groups excluding tert-OH is 1. The van der Waals surface area contributed by atoms with E-state index in [9.17, 15) is 14.7 Å². The number of hydrogen-bond donors (Lipinski definition) is 4. The number of piperazine rings is 1. The van der Waals surface area contributed by atoms with Crippen LogP contribution in [0.2, 0.25) is 0 Å². The van der Waals surface area contributed by atoms with E-state index in [-0.39, 0.29) is 18.4 Å². The zero-order chi connectivity index (χ0) is 30.2. The Morgan fingerprint density at radius 1 is 1.07 bits per heavy atom. The Morgan fingerprint density at radius 2 is 1.81 bits per heavy atom. The second-order valence-corrected chi connectivity index (χ2v) is 13.2. The van der Waals surface area contributed by atoms with Crippen LogP contribution >= 0.6 is 0 Å². The van der Waals surface area contributed by atoms with E-state index < -0.39 is 17.1 Å². The van der Waals surface area contributed by atoms with Crippen molar-refractivity contribution in [1.82, 2.24) is 20.1 Å². The molecule has 9 nitrogen and oxygen atoms in total. The zero-order valence-electron chi connectivity index (χ0n) is 25.3. The number of carbonyl (C=O) groups excluding carboxylic acids is 2. The molecule has 0 radical (unpaired) electrons. The first-order valence-corrected chi connectivity index (χ1v) is 15.2. The number of hydrogen-bond acceptors (Lipinski definition) is 7. The molecule has 1 aromatic heterocycles. The minimum absolute atomic E-state index is 0.0132. The number of anilines is 2. The van der Waals surface area contributed by atoms with Gasteiger partial charge in [-0.1, -0.05) is 57.2 Å². The summed E-state index contributed by atoms with van der Waals surface area (Å²) in [5.41, 5.74) is 4.97. The molecule has 1 spiro atoms. The number of amides is 2. The summed E-state index contributed by atoms with van der Waals surface area (Å²) in [5, 5.41) is 20.8. The normalized spacial score (nSPS) is 20.4. The molecule has 2 amide bonds. The summed E-state index contributed by atoms with van der Waals surface area (Å²) in [7, 11) is 0. The minimum Gasteiger partial charge on any atom is -0.372 e. The lowest BCUT2D eigenvalue weighted by molar-refractivity contribution is -0.141. The third kappa shape index (κ3) is 6.02. The maximum Gasteiger partial charge on any atom is 0.237 e. The molecular weight excluding hydrogens is 540 g/mol. The lowest BCUT2D eigenvalue weighted by atomic mass is 9.79. The molecule has 0 saturated carbocycles. The number of fused-ring (bicyclic) bond motifs is 3. The number of aromatic nitrogens is 1. The van der Waals surface area contributed by atoms with Crippen molar-refractivity contribution in [1.29, 1.82) is 0 Å². The zero-order valence-corrected chi connectivity index (χ0v) is 25.3. The van der Waals surface area contributed by atoms with Crippen molar-refractivity contribution in [2.75, 3.05) is 43.4 Å². The lowest BCUT2D eigenvalue weighted by Crippen LogP contribution is -2.45. The summed E-state index contributed by atoms with van der Waals surface area (Å²) >= 11 is 0. The molecule has 4 N–H and O–H groups in total. The molecule has 3 aliphatic rings. The average molecular weight is 583 g/mol. The van der Waals surface area contributed by atoms with Gasteiger partial charge in [0.25, 0.3) is 0 Å². The van der Waals surface area contributed by atoms with Gasteiger partial charge >= 0.3 is 0 Å². The summed E-state index contributed by atoms with van der Waals surface area (Å²) in [6.45, 7) is 11.1.